The van der Waals surface area contributed by atoms with Gasteiger partial charge in [0.2, 0.25) is 0 Å². The third kappa shape index (κ3) is 4.25. The Balaban J connectivity index is 1.10. The highest BCUT2D eigenvalue weighted by molar-refractivity contribution is 5.78. The zero-order chi connectivity index (χ0) is 24.0. The van der Waals surface area contributed by atoms with Crippen LogP contribution in [0.15, 0.2) is 36.5 Å². The summed E-state index contributed by atoms with van der Waals surface area (Å²) in [5.74, 6) is 0.702. The number of likely N-dealkylation sites (N-methyl/N-ethyl adjacent to an activating group) is 1. The maximum absolute atomic E-state index is 14.7. The quantitative estimate of drug-likeness (QED) is 0.556. The molecule has 1 N–H and O–H groups in total. The van der Waals surface area contributed by atoms with Crippen molar-refractivity contribution in [1.29, 1.82) is 0 Å². The van der Waals surface area contributed by atoms with E-state index in [1.807, 2.05) is 19.1 Å². The monoisotopic (exact) mass is 476 g/mol. The number of aryl methyl sites for hydroxylation is 2. The molecule has 6 nitrogen and oxygen atoms in total. The largest absolute Gasteiger partial charge is 0.490 e. The lowest BCUT2D eigenvalue weighted by atomic mass is 9.69. The third-order valence-electron chi connectivity index (χ3n) is 8.30. The molecule has 2 aromatic heterocycles. The predicted molar refractivity (Wildman–Crippen MR) is 134 cm³/mol. The molecule has 2 saturated heterocycles. The number of benzene rings is 1. The van der Waals surface area contributed by atoms with Crippen LogP contribution in [-0.4, -0.2) is 47.9 Å². The molecule has 3 aliphatic heterocycles. The molecule has 184 valence electrons. The lowest BCUT2D eigenvalue weighted by molar-refractivity contribution is -0.165. The van der Waals surface area contributed by atoms with Gasteiger partial charge >= 0.3 is 0 Å². The molecular formula is C28H33FN4O2. The molecule has 0 unspecified atom stereocenters. The zero-order valence-electron chi connectivity index (χ0n) is 20.6. The fraction of sp³-hybridized carbons (Fsp3) is 0.500. The van der Waals surface area contributed by atoms with E-state index in [-0.39, 0.29) is 17.0 Å². The Morgan fingerprint density at radius 2 is 2.00 bits per heavy atom. The van der Waals surface area contributed by atoms with Crippen molar-refractivity contribution in [2.24, 2.45) is 0 Å². The van der Waals surface area contributed by atoms with Crippen molar-refractivity contribution >= 4 is 16.7 Å². The van der Waals surface area contributed by atoms with Gasteiger partial charge in [-0.2, -0.15) is 0 Å². The zero-order valence-corrected chi connectivity index (χ0v) is 20.6. The van der Waals surface area contributed by atoms with Crippen molar-refractivity contribution in [1.82, 2.24) is 15.3 Å². The molecular weight excluding hydrogens is 443 g/mol. The van der Waals surface area contributed by atoms with E-state index in [1.54, 1.807) is 0 Å². The van der Waals surface area contributed by atoms with Crippen molar-refractivity contribution in [2.45, 2.75) is 63.1 Å². The standard InChI is InChI=1S/C28H33FN4O2/c1-19-3-5-23-26(32-19)21(22(29)17-30-23)7-8-28-11-9-27(10-12-28,18-35-28)31-16-20-4-6-24-25(15-20)34-14-13-33(24)2/h3-6,15,17,31H,7-14,16,18H2,1-2H3. The van der Waals surface area contributed by atoms with Gasteiger partial charge in [-0.05, 0) is 75.3 Å². The lowest BCUT2D eigenvalue weighted by Gasteiger charge is -2.53. The summed E-state index contributed by atoms with van der Waals surface area (Å²) in [4.78, 5) is 11.0. The molecule has 0 spiro atoms. The number of aromatic nitrogens is 2. The van der Waals surface area contributed by atoms with E-state index in [4.69, 9.17) is 9.47 Å². The number of anilines is 1. The average Bonchev–Trinajstić information content (AvgIpc) is 2.88. The highest BCUT2D eigenvalue weighted by atomic mass is 19.1. The van der Waals surface area contributed by atoms with Gasteiger partial charge < -0.3 is 19.7 Å². The van der Waals surface area contributed by atoms with Gasteiger partial charge in [0.05, 0.1) is 41.7 Å². The summed E-state index contributed by atoms with van der Waals surface area (Å²) in [7, 11) is 2.11. The van der Waals surface area contributed by atoms with E-state index in [0.29, 0.717) is 24.1 Å². The van der Waals surface area contributed by atoms with E-state index >= 15 is 0 Å². The van der Waals surface area contributed by atoms with Crippen LogP contribution in [0, 0.1) is 12.7 Å². The van der Waals surface area contributed by atoms with Crippen LogP contribution in [0.25, 0.3) is 11.0 Å². The molecule has 0 radical (unpaired) electrons. The number of nitrogens with one attached hydrogen (secondary N) is 1. The van der Waals surface area contributed by atoms with Crippen LogP contribution in [0.5, 0.6) is 5.75 Å². The molecule has 7 heteroatoms. The van der Waals surface area contributed by atoms with Gasteiger partial charge in [0.25, 0.3) is 0 Å². The van der Waals surface area contributed by atoms with Crippen molar-refractivity contribution in [2.75, 3.05) is 31.7 Å². The first-order chi connectivity index (χ1) is 16.9. The smallest absolute Gasteiger partial charge is 0.146 e. The van der Waals surface area contributed by atoms with Crippen molar-refractivity contribution in [3.05, 3.63) is 59.2 Å². The molecule has 4 aliphatic rings. The van der Waals surface area contributed by atoms with E-state index in [2.05, 4.69) is 45.4 Å². The molecule has 5 heterocycles. The van der Waals surface area contributed by atoms with Crippen molar-refractivity contribution < 1.29 is 13.9 Å². The van der Waals surface area contributed by atoms with E-state index in [0.717, 1.165) is 74.4 Å². The minimum atomic E-state index is -0.269. The molecule has 0 atom stereocenters. The fourth-order valence-electron chi connectivity index (χ4n) is 5.90. The second-order valence-electron chi connectivity index (χ2n) is 10.6. The number of pyridine rings is 2. The lowest BCUT2D eigenvalue weighted by Crippen LogP contribution is -2.61. The molecule has 3 aromatic rings. The number of rotatable bonds is 6. The summed E-state index contributed by atoms with van der Waals surface area (Å²) < 4.78 is 27.1. The molecule has 1 saturated carbocycles. The molecule has 35 heavy (non-hydrogen) atoms. The second-order valence-corrected chi connectivity index (χ2v) is 10.6. The Morgan fingerprint density at radius 1 is 1.14 bits per heavy atom. The summed E-state index contributed by atoms with van der Waals surface area (Å²) in [6, 6.07) is 10.3. The van der Waals surface area contributed by atoms with Gasteiger partial charge in [-0.1, -0.05) is 6.07 Å². The number of nitrogens with zero attached hydrogens (tertiary/aromatic N) is 3. The van der Waals surface area contributed by atoms with Crippen molar-refractivity contribution in [3.63, 3.8) is 0 Å². The number of fused-ring (bicyclic) bond motifs is 5. The van der Waals surface area contributed by atoms with Gasteiger partial charge in [0.1, 0.15) is 18.2 Å². The van der Waals surface area contributed by atoms with Crippen LogP contribution in [-0.2, 0) is 17.7 Å². The second kappa shape index (κ2) is 8.71. The number of hydrogen-bond acceptors (Lipinski definition) is 6. The maximum Gasteiger partial charge on any atom is 0.146 e. The topological polar surface area (TPSA) is 59.5 Å². The van der Waals surface area contributed by atoms with Gasteiger partial charge in [-0.3, -0.25) is 9.97 Å². The van der Waals surface area contributed by atoms with Crippen LogP contribution >= 0.6 is 0 Å². The first kappa shape index (κ1) is 22.7. The Kier molecular flexibility index (Phi) is 5.65. The molecule has 7 rings (SSSR count). The SMILES string of the molecule is Cc1ccc2ncc(F)c(CCC34CCC(NCc5ccc6c(c5)OCCN6C)(CC3)CO4)c2n1. The third-order valence-corrected chi connectivity index (χ3v) is 8.30. The average molecular weight is 477 g/mol. The summed E-state index contributed by atoms with van der Waals surface area (Å²) in [6.45, 7) is 5.09. The van der Waals surface area contributed by atoms with Gasteiger partial charge in [-0.15, -0.1) is 0 Å². The Bertz CT molecular complexity index is 1230. The predicted octanol–water partition coefficient (Wildman–Crippen LogP) is 4.71. The van der Waals surface area contributed by atoms with Gasteiger partial charge in [0.15, 0.2) is 0 Å². The number of halogens is 1. The first-order valence-corrected chi connectivity index (χ1v) is 12.7. The first-order valence-electron chi connectivity index (χ1n) is 12.7. The van der Waals surface area contributed by atoms with Crippen molar-refractivity contribution in [3.8, 4) is 5.75 Å². The summed E-state index contributed by atoms with van der Waals surface area (Å²) in [5, 5.41) is 3.82. The van der Waals surface area contributed by atoms with E-state index in [9.17, 15) is 4.39 Å². The number of ether oxygens (including phenoxy) is 2. The molecule has 0 amide bonds. The van der Waals surface area contributed by atoms with Crippen LogP contribution in [0.3, 0.4) is 0 Å². The molecule has 3 fully saturated rings. The molecule has 1 aliphatic carbocycles. The van der Waals surface area contributed by atoms with Crippen LogP contribution in [0.2, 0.25) is 0 Å². The normalized spacial score (nSPS) is 25.5. The van der Waals surface area contributed by atoms with E-state index < -0.39 is 0 Å². The summed E-state index contributed by atoms with van der Waals surface area (Å²) in [5.41, 5.74) is 5.22. The minimum Gasteiger partial charge on any atom is -0.490 e. The maximum atomic E-state index is 14.7. The summed E-state index contributed by atoms with van der Waals surface area (Å²) >= 11 is 0. The highest BCUT2D eigenvalue weighted by Crippen LogP contribution is 2.46. The van der Waals surface area contributed by atoms with Crippen LogP contribution < -0.4 is 15.0 Å². The Hall–Kier alpha value is -2.77. The van der Waals surface area contributed by atoms with Gasteiger partial charge in [0, 0.05) is 30.4 Å². The molecule has 2 bridgehead atoms. The fourth-order valence-corrected chi connectivity index (χ4v) is 5.90. The highest BCUT2D eigenvalue weighted by Gasteiger charge is 2.49. The Morgan fingerprint density at radius 3 is 2.80 bits per heavy atom. The molecule has 1 aromatic carbocycles. The van der Waals surface area contributed by atoms with Crippen LogP contribution in [0.1, 0.15) is 48.9 Å². The minimum absolute atomic E-state index is 0.0165. The van der Waals surface area contributed by atoms with Crippen LogP contribution in [0.4, 0.5) is 10.1 Å². The summed E-state index contributed by atoms with van der Waals surface area (Å²) in [6.07, 6.45) is 6.90. The number of hydrogen-bond donors (Lipinski definition) is 1. The van der Waals surface area contributed by atoms with Gasteiger partial charge in [-0.25, -0.2) is 4.39 Å². The Labute approximate surface area is 205 Å². The van der Waals surface area contributed by atoms with E-state index in [1.165, 1.54) is 11.8 Å².